The molecule has 37 heavy (non-hydrogen) atoms. The van der Waals surface area contributed by atoms with Gasteiger partial charge in [-0.1, -0.05) is 112 Å². The molecule has 2 aromatic rings. The van der Waals surface area contributed by atoms with Crippen LogP contribution >= 0.6 is 0 Å². The van der Waals surface area contributed by atoms with E-state index >= 15 is 0 Å². The van der Waals surface area contributed by atoms with Gasteiger partial charge in [-0.2, -0.15) is 0 Å². The van der Waals surface area contributed by atoms with E-state index in [0.29, 0.717) is 24.0 Å². The second-order valence-corrected chi connectivity index (χ2v) is 7.88. The number of benzene rings is 2. The molecule has 0 spiro atoms. The van der Waals surface area contributed by atoms with Gasteiger partial charge in [0.1, 0.15) is 0 Å². The fourth-order valence-electron chi connectivity index (χ4n) is 3.11. The number of ketones is 2. The third-order valence-electron chi connectivity index (χ3n) is 4.80. The van der Waals surface area contributed by atoms with Crippen LogP contribution in [-0.4, -0.2) is 24.8 Å². The second kappa shape index (κ2) is 25.2. The number of rotatable bonds is 13. The van der Waals surface area contributed by atoms with Crippen molar-refractivity contribution in [2.45, 2.75) is 65.2 Å². The van der Waals surface area contributed by atoms with E-state index in [0.717, 1.165) is 38.5 Å². The summed E-state index contributed by atoms with van der Waals surface area (Å²) >= 11 is 0. The minimum absolute atomic E-state index is 0. The van der Waals surface area contributed by atoms with E-state index in [9.17, 15) is 19.8 Å². The first-order chi connectivity index (χ1) is 17.4. The number of unbranched alkanes of at least 4 members (excludes halogenated alkanes) is 5. The zero-order chi connectivity index (χ0) is 27.0. The van der Waals surface area contributed by atoms with E-state index in [2.05, 4.69) is 0 Å². The smallest absolute Gasteiger partial charge is 0.872 e. The molecule has 0 N–H and O–H groups in total. The van der Waals surface area contributed by atoms with Crippen molar-refractivity contribution in [2.75, 3.05) is 13.2 Å². The van der Waals surface area contributed by atoms with Crippen molar-refractivity contribution in [1.82, 2.24) is 0 Å². The van der Waals surface area contributed by atoms with E-state index in [-0.39, 0.29) is 58.0 Å². The van der Waals surface area contributed by atoms with Crippen LogP contribution in [0.1, 0.15) is 76.3 Å². The zero-order valence-electron chi connectivity index (χ0n) is 21.9. The Morgan fingerprint density at radius 2 is 0.865 bits per heavy atom. The van der Waals surface area contributed by atoms with Gasteiger partial charge in [0, 0.05) is 12.8 Å². The summed E-state index contributed by atoms with van der Waals surface area (Å²) in [6.07, 6.45) is 8.48. The average molecular weight is 542 g/mol. The van der Waals surface area contributed by atoms with Crippen molar-refractivity contribution in [3.8, 4) is 0 Å². The maximum atomic E-state index is 11.9. The summed E-state index contributed by atoms with van der Waals surface area (Å²) in [5.41, 5.74) is 1.06. The van der Waals surface area contributed by atoms with Crippen LogP contribution in [0.15, 0.2) is 72.8 Å². The largest absolute Gasteiger partial charge is 4.00 e. The van der Waals surface area contributed by atoms with Gasteiger partial charge in [0.2, 0.25) is 0 Å². The molecule has 0 aromatic heterocycles. The van der Waals surface area contributed by atoms with Crippen LogP contribution in [0.4, 0.5) is 0 Å². The van der Waals surface area contributed by atoms with Crippen LogP contribution in [0, 0.1) is 0 Å². The number of allylic oxidation sites excluding steroid dienone is 2. The molecule has 198 valence electrons. The molecule has 0 heterocycles. The van der Waals surface area contributed by atoms with Crippen molar-refractivity contribution in [1.29, 1.82) is 0 Å². The molecule has 0 amide bonds. The van der Waals surface area contributed by atoms with Crippen molar-refractivity contribution in [3.63, 3.8) is 0 Å². The van der Waals surface area contributed by atoms with Gasteiger partial charge in [-0.3, -0.25) is 9.59 Å². The normalized spacial score (nSPS) is 10.7. The van der Waals surface area contributed by atoms with Crippen molar-refractivity contribution in [3.05, 3.63) is 83.9 Å². The monoisotopic (exact) mass is 542 g/mol. The molecule has 2 rings (SSSR count). The molecule has 2 aromatic carbocycles. The Bertz CT molecular complexity index is 819. The van der Waals surface area contributed by atoms with Gasteiger partial charge < -0.3 is 20.4 Å². The van der Waals surface area contributed by atoms with Gasteiger partial charge in [-0.25, -0.2) is 0 Å². The molecule has 0 aliphatic heterocycles. The number of carbonyl (C=O) groups is 2. The molecule has 0 saturated heterocycles. The topological polar surface area (TPSA) is 126 Å². The first-order valence-corrected chi connectivity index (χ1v) is 12.5. The Morgan fingerprint density at radius 3 is 1.16 bits per heavy atom. The van der Waals surface area contributed by atoms with Gasteiger partial charge in [-0.15, -0.1) is 13.2 Å². The van der Waals surface area contributed by atoms with Gasteiger partial charge in [-0.05, 0) is 36.1 Å². The molecule has 0 saturated carbocycles. The summed E-state index contributed by atoms with van der Waals surface area (Å²) in [5, 5.41) is 41.7. The molecular formula is C30H38O6Ti. The fraction of sp³-hybridized carbons (Fsp3) is 0.400. The molecule has 6 nitrogen and oxygen atoms in total. The van der Waals surface area contributed by atoms with Crippen LogP contribution in [0.25, 0.3) is 11.5 Å². The molecule has 0 aliphatic carbocycles. The maximum absolute atomic E-state index is 11.9. The summed E-state index contributed by atoms with van der Waals surface area (Å²) in [7, 11) is 0. The van der Waals surface area contributed by atoms with Crippen molar-refractivity contribution >= 4 is 23.1 Å². The zero-order valence-corrected chi connectivity index (χ0v) is 23.5. The quantitative estimate of drug-likeness (QED) is 0.166. The first-order valence-electron chi connectivity index (χ1n) is 12.5. The number of hydrogen-bond donors (Lipinski definition) is 0. The Kier molecular flexibility index (Phi) is 24.9. The van der Waals surface area contributed by atoms with E-state index < -0.39 is 0 Å². The second-order valence-electron chi connectivity index (χ2n) is 7.88. The number of carbonyl (C=O) groups excluding carboxylic acids is 2. The standard InChI is InChI=1S/C26H30O4.2C2H5O.Ti/c27-23(19-25(29)21-13-7-5-8-14-21)17-11-3-1-2-4-12-18-24(28)20-26(30)22-15-9-6-10-16-22;2*1-2-3;/h5-10,13-16,19-20,29-30H,1-4,11-12,17-18H2;2*2H2,1H3;/q;2*-1;+4/p-2/b25-19-,26-20-;;;. The van der Waals surface area contributed by atoms with E-state index in [1.54, 1.807) is 62.4 Å². The predicted octanol–water partition coefficient (Wildman–Crippen LogP) is 2.78. The number of hydrogen-bond acceptors (Lipinski definition) is 6. The molecule has 0 atom stereocenters. The van der Waals surface area contributed by atoms with Crippen molar-refractivity contribution in [2.24, 2.45) is 0 Å². The van der Waals surface area contributed by atoms with Gasteiger partial charge in [0.25, 0.3) is 0 Å². The Labute approximate surface area is 236 Å². The predicted molar refractivity (Wildman–Crippen MR) is 137 cm³/mol. The fourth-order valence-corrected chi connectivity index (χ4v) is 3.11. The minimum atomic E-state index is -0.243. The third kappa shape index (κ3) is 20.3. The van der Waals surface area contributed by atoms with Gasteiger partial charge in [0.15, 0.2) is 11.6 Å². The molecule has 0 unspecified atom stereocenters. The van der Waals surface area contributed by atoms with Gasteiger partial charge in [0.05, 0.1) is 0 Å². The molecule has 0 fully saturated rings. The minimum Gasteiger partial charge on any atom is -0.872 e. The molecule has 0 radical (unpaired) electrons. The Hall–Kier alpha value is -2.51. The molecular weight excluding hydrogens is 504 g/mol. The maximum Gasteiger partial charge on any atom is 4.00 e. The summed E-state index contributed by atoms with van der Waals surface area (Å²) in [4.78, 5) is 23.8. The van der Waals surface area contributed by atoms with E-state index in [1.165, 1.54) is 12.2 Å². The van der Waals surface area contributed by atoms with Crippen LogP contribution in [0.2, 0.25) is 0 Å². The summed E-state index contributed by atoms with van der Waals surface area (Å²) in [5.74, 6) is -0.748. The third-order valence-corrected chi connectivity index (χ3v) is 4.80. The van der Waals surface area contributed by atoms with Crippen molar-refractivity contribution < 1.29 is 51.7 Å². The SMILES string of the molecule is CC[O-].CC[O-].O=C(/C=C(\[O-])c1ccccc1)CCCCCCCCC(=O)/C=C(\[O-])c1ccccc1.[Ti+4]. The molecule has 0 aliphatic rings. The summed E-state index contributed by atoms with van der Waals surface area (Å²) in [6.45, 7) is 3.14. The van der Waals surface area contributed by atoms with E-state index in [1.807, 2.05) is 12.1 Å². The Morgan fingerprint density at radius 1 is 0.595 bits per heavy atom. The van der Waals surface area contributed by atoms with Gasteiger partial charge >= 0.3 is 21.7 Å². The average Bonchev–Trinajstić information content (AvgIpc) is 2.87. The summed E-state index contributed by atoms with van der Waals surface area (Å²) in [6, 6.07) is 17.6. The van der Waals surface area contributed by atoms with E-state index in [4.69, 9.17) is 10.2 Å². The van der Waals surface area contributed by atoms with Crippen LogP contribution in [0.3, 0.4) is 0 Å². The molecule has 7 heteroatoms. The van der Waals surface area contributed by atoms with Crippen LogP contribution < -0.4 is 20.4 Å². The van der Waals surface area contributed by atoms with Crippen LogP contribution in [0.5, 0.6) is 0 Å². The van der Waals surface area contributed by atoms with Crippen LogP contribution in [-0.2, 0) is 31.3 Å². The molecule has 0 bridgehead atoms. The summed E-state index contributed by atoms with van der Waals surface area (Å²) < 4.78 is 0. The first kappa shape index (κ1) is 36.7. The Balaban J connectivity index is 0.